The number of rotatable bonds is 2. The van der Waals surface area contributed by atoms with E-state index in [2.05, 4.69) is 15.3 Å². The van der Waals surface area contributed by atoms with Crippen LogP contribution in [0.3, 0.4) is 0 Å². The first-order chi connectivity index (χ1) is 9.13. The Labute approximate surface area is 109 Å². The maximum absolute atomic E-state index is 13.4. The maximum Gasteiger partial charge on any atom is 0.251 e. The first-order valence-electron chi connectivity index (χ1n) is 5.25. The molecule has 0 saturated heterocycles. The van der Waals surface area contributed by atoms with Crippen LogP contribution in [0.25, 0.3) is 10.2 Å². The summed E-state index contributed by atoms with van der Waals surface area (Å²) in [7, 11) is 0. The Bertz CT molecular complexity index is 757. The third-order valence-corrected chi connectivity index (χ3v) is 3.27. The van der Waals surface area contributed by atoms with E-state index in [0.717, 1.165) is 10.2 Å². The summed E-state index contributed by atoms with van der Waals surface area (Å²) in [6.45, 7) is 0. The van der Waals surface area contributed by atoms with Crippen LogP contribution < -0.4 is 5.32 Å². The Morgan fingerprint density at radius 3 is 2.74 bits per heavy atom. The largest absolute Gasteiger partial charge is 0.338 e. The van der Waals surface area contributed by atoms with Gasteiger partial charge in [-0.05, 0) is 18.2 Å². The molecule has 0 spiro atoms. The molecule has 0 aliphatic heterocycles. The van der Waals surface area contributed by atoms with Crippen molar-refractivity contribution in [3.63, 3.8) is 0 Å². The van der Waals surface area contributed by atoms with Gasteiger partial charge in [0, 0.05) is 11.8 Å². The molecule has 1 aromatic carbocycles. The molecule has 19 heavy (non-hydrogen) atoms. The van der Waals surface area contributed by atoms with E-state index < -0.39 is 17.6 Å². The molecule has 3 nitrogen and oxygen atoms in total. The summed E-state index contributed by atoms with van der Waals surface area (Å²) in [4.78, 5) is 7.30. The molecular formula is C12H6F3N3S. The summed E-state index contributed by atoms with van der Waals surface area (Å²) in [5, 5.41) is 2.61. The SMILES string of the molecule is Fc1cc(F)c(Nc2ccc3ncsc3c2)nc1F. The minimum absolute atomic E-state index is 0.359. The summed E-state index contributed by atoms with van der Waals surface area (Å²) in [5.74, 6) is -3.98. The lowest BCUT2D eigenvalue weighted by molar-refractivity contribution is 0.467. The molecule has 2 aromatic heterocycles. The highest BCUT2D eigenvalue weighted by Gasteiger charge is 2.12. The third-order valence-electron chi connectivity index (χ3n) is 2.48. The van der Waals surface area contributed by atoms with Gasteiger partial charge in [0.05, 0.1) is 15.7 Å². The van der Waals surface area contributed by atoms with Crippen LogP contribution in [0, 0.1) is 17.6 Å². The molecule has 0 unspecified atom stereocenters. The molecule has 1 N–H and O–H groups in total. The topological polar surface area (TPSA) is 37.8 Å². The Balaban J connectivity index is 1.98. The zero-order valence-electron chi connectivity index (χ0n) is 9.32. The number of benzene rings is 1. The van der Waals surface area contributed by atoms with Crippen molar-refractivity contribution in [2.45, 2.75) is 0 Å². The van der Waals surface area contributed by atoms with E-state index in [-0.39, 0.29) is 5.82 Å². The quantitative estimate of drug-likeness (QED) is 0.725. The van der Waals surface area contributed by atoms with E-state index >= 15 is 0 Å². The minimum atomic E-state index is -1.34. The lowest BCUT2D eigenvalue weighted by atomic mass is 10.3. The molecule has 96 valence electrons. The van der Waals surface area contributed by atoms with Crippen LogP contribution in [0.4, 0.5) is 24.7 Å². The van der Waals surface area contributed by atoms with Crippen LogP contribution in [0.1, 0.15) is 0 Å². The molecule has 0 saturated carbocycles. The van der Waals surface area contributed by atoms with Gasteiger partial charge >= 0.3 is 0 Å². The van der Waals surface area contributed by atoms with Gasteiger partial charge in [-0.1, -0.05) is 0 Å². The van der Waals surface area contributed by atoms with Crippen molar-refractivity contribution in [1.29, 1.82) is 0 Å². The second kappa shape index (κ2) is 4.51. The van der Waals surface area contributed by atoms with Crippen molar-refractivity contribution in [1.82, 2.24) is 9.97 Å². The summed E-state index contributed by atoms with van der Waals surface area (Å²) in [6.07, 6.45) is 0. The van der Waals surface area contributed by atoms with E-state index in [4.69, 9.17) is 0 Å². The normalized spacial score (nSPS) is 10.9. The molecular weight excluding hydrogens is 275 g/mol. The van der Waals surface area contributed by atoms with Gasteiger partial charge < -0.3 is 5.32 Å². The van der Waals surface area contributed by atoms with Crippen molar-refractivity contribution >= 4 is 33.1 Å². The van der Waals surface area contributed by atoms with E-state index in [0.29, 0.717) is 11.8 Å². The number of aromatic nitrogens is 2. The predicted molar refractivity (Wildman–Crippen MR) is 67.0 cm³/mol. The number of nitrogens with one attached hydrogen (secondary N) is 1. The first kappa shape index (κ1) is 11.9. The second-order valence-corrected chi connectivity index (χ2v) is 4.64. The molecule has 2 heterocycles. The summed E-state index contributed by atoms with van der Waals surface area (Å²) < 4.78 is 40.0. The third kappa shape index (κ3) is 2.24. The summed E-state index contributed by atoms with van der Waals surface area (Å²) >= 11 is 1.42. The number of hydrogen-bond acceptors (Lipinski definition) is 4. The fourth-order valence-corrected chi connectivity index (χ4v) is 2.32. The minimum Gasteiger partial charge on any atom is -0.338 e. The van der Waals surface area contributed by atoms with Gasteiger partial charge in [0.2, 0.25) is 0 Å². The number of pyridine rings is 1. The van der Waals surface area contributed by atoms with Gasteiger partial charge in [-0.15, -0.1) is 11.3 Å². The Morgan fingerprint density at radius 1 is 1.05 bits per heavy atom. The van der Waals surface area contributed by atoms with Crippen molar-refractivity contribution in [2.24, 2.45) is 0 Å². The second-order valence-electron chi connectivity index (χ2n) is 3.75. The summed E-state index contributed by atoms with van der Waals surface area (Å²) in [5.41, 5.74) is 3.02. The van der Waals surface area contributed by atoms with Crippen LogP contribution in [0.5, 0.6) is 0 Å². The average Bonchev–Trinajstić information content (AvgIpc) is 2.83. The molecule has 0 radical (unpaired) electrons. The van der Waals surface area contributed by atoms with Gasteiger partial charge in [0.15, 0.2) is 17.5 Å². The predicted octanol–water partition coefficient (Wildman–Crippen LogP) is 3.85. The van der Waals surface area contributed by atoms with Gasteiger partial charge in [0.25, 0.3) is 5.95 Å². The number of thiazole rings is 1. The van der Waals surface area contributed by atoms with Crippen LogP contribution in [0.15, 0.2) is 29.8 Å². The number of anilines is 2. The molecule has 7 heteroatoms. The van der Waals surface area contributed by atoms with Crippen molar-refractivity contribution in [3.05, 3.63) is 47.4 Å². The fourth-order valence-electron chi connectivity index (χ4n) is 1.60. The Morgan fingerprint density at radius 2 is 1.89 bits per heavy atom. The first-order valence-corrected chi connectivity index (χ1v) is 6.13. The molecule has 0 amide bonds. The Kier molecular flexibility index (Phi) is 2.83. The maximum atomic E-state index is 13.4. The zero-order chi connectivity index (χ0) is 13.4. The van der Waals surface area contributed by atoms with Gasteiger partial charge in [-0.3, -0.25) is 0 Å². The highest BCUT2D eigenvalue weighted by Crippen LogP contribution is 2.25. The van der Waals surface area contributed by atoms with Crippen LogP contribution in [-0.4, -0.2) is 9.97 Å². The molecule has 0 aliphatic rings. The van der Waals surface area contributed by atoms with Crippen LogP contribution in [0.2, 0.25) is 0 Å². The van der Waals surface area contributed by atoms with Gasteiger partial charge in [-0.2, -0.15) is 9.37 Å². The number of hydrogen-bond donors (Lipinski definition) is 1. The van der Waals surface area contributed by atoms with Gasteiger partial charge in [0.1, 0.15) is 0 Å². The number of nitrogens with zero attached hydrogens (tertiary/aromatic N) is 2. The van der Waals surface area contributed by atoms with Crippen molar-refractivity contribution in [3.8, 4) is 0 Å². The smallest absolute Gasteiger partial charge is 0.251 e. The van der Waals surface area contributed by atoms with Crippen LogP contribution >= 0.6 is 11.3 Å². The molecule has 0 atom stereocenters. The molecule has 0 aliphatic carbocycles. The standard InChI is InChI=1S/C12H6F3N3S/c13-7-4-8(14)12(18-11(7)15)17-6-1-2-9-10(3-6)19-5-16-9/h1-5H,(H,17,18). The monoisotopic (exact) mass is 281 g/mol. The van der Waals surface area contributed by atoms with E-state index in [1.165, 1.54) is 11.3 Å². The van der Waals surface area contributed by atoms with Crippen molar-refractivity contribution in [2.75, 3.05) is 5.32 Å². The van der Waals surface area contributed by atoms with E-state index in [1.54, 1.807) is 23.7 Å². The highest BCUT2D eigenvalue weighted by atomic mass is 32.1. The lowest BCUT2D eigenvalue weighted by Gasteiger charge is -2.06. The van der Waals surface area contributed by atoms with Crippen molar-refractivity contribution < 1.29 is 13.2 Å². The van der Waals surface area contributed by atoms with E-state index in [1.807, 2.05) is 0 Å². The van der Waals surface area contributed by atoms with Crippen LogP contribution in [-0.2, 0) is 0 Å². The summed E-state index contributed by atoms with van der Waals surface area (Å²) in [6, 6.07) is 5.58. The fraction of sp³-hybridized carbons (Fsp3) is 0. The molecule has 0 bridgehead atoms. The Hall–Kier alpha value is -2.15. The zero-order valence-corrected chi connectivity index (χ0v) is 10.1. The molecule has 0 fully saturated rings. The van der Waals surface area contributed by atoms with Gasteiger partial charge in [-0.25, -0.2) is 13.8 Å². The molecule has 3 rings (SSSR count). The number of fused-ring (bicyclic) bond motifs is 1. The average molecular weight is 281 g/mol. The lowest BCUT2D eigenvalue weighted by Crippen LogP contribution is -2.01. The van der Waals surface area contributed by atoms with E-state index in [9.17, 15) is 13.2 Å². The number of halogens is 3. The highest BCUT2D eigenvalue weighted by molar-refractivity contribution is 7.16. The molecule has 3 aromatic rings.